The molecule has 2 fully saturated rings. The van der Waals surface area contributed by atoms with Crippen molar-refractivity contribution in [1.29, 1.82) is 0 Å². The molecule has 0 aromatic heterocycles. The lowest BCUT2D eigenvalue weighted by molar-refractivity contribution is 0.0122. The van der Waals surface area contributed by atoms with Crippen molar-refractivity contribution < 1.29 is 14.3 Å². The fourth-order valence-corrected chi connectivity index (χ4v) is 2.53. The number of carbonyl (C=O) groups excluding carboxylic acids is 1. The van der Waals surface area contributed by atoms with Gasteiger partial charge in [0.15, 0.2) is 0 Å². The smallest absolute Gasteiger partial charge is 0.409 e. The van der Waals surface area contributed by atoms with E-state index in [4.69, 9.17) is 9.47 Å². The third-order valence-corrected chi connectivity index (χ3v) is 3.55. The Morgan fingerprint density at radius 3 is 2.47 bits per heavy atom. The second-order valence-electron chi connectivity index (χ2n) is 4.57. The number of nitrogens with zero attached hydrogens (tertiary/aromatic N) is 2. The highest BCUT2D eigenvalue weighted by Crippen LogP contribution is 2.16. The topological polar surface area (TPSA) is 42.0 Å². The summed E-state index contributed by atoms with van der Waals surface area (Å²) in [6.45, 7) is 7.56. The molecule has 0 saturated carbocycles. The second-order valence-corrected chi connectivity index (χ2v) is 4.57. The van der Waals surface area contributed by atoms with Gasteiger partial charge in [0.1, 0.15) is 0 Å². The van der Waals surface area contributed by atoms with Crippen LogP contribution in [0.5, 0.6) is 0 Å². The van der Waals surface area contributed by atoms with Gasteiger partial charge < -0.3 is 14.4 Å². The van der Waals surface area contributed by atoms with Gasteiger partial charge in [-0.1, -0.05) is 0 Å². The quantitative estimate of drug-likeness (QED) is 0.722. The van der Waals surface area contributed by atoms with Crippen molar-refractivity contribution in [3.05, 3.63) is 0 Å². The predicted molar refractivity (Wildman–Crippen MR) is 64.0 cm³/mol. The Bertz CT molecular complexity index is 246. The van der Waals surface area contributed by atoms with E-state index in [1.807, 2.05) is 6.92 Å². The van der Waals surface area contributed by atoms with Crippen molar-refractivity contribution in [2.75, 3.05) is 46.0 Å². The molecule has 0 unspecified atom stereocenters. The van der Waals surface area contributed by atoms with E-state index in [9.17, 15) is 4.79 Å². The molecular weight excluding hydrogens is 220 g/mol. The lowest BCUT2D eigenvalue weighted by atomic mass is 10.1. The average Bonchev–Trinajstić information content (AvgIpc) is 2.40. The van der Waals surface area contributed by atoms with E-state index in [0.717, 1.165) is 52.2 Å². The van der Waals surface area contributed by atoms with Gasteiger partial charge in [-0.3, -0.25) is 4.90 Å². The van der Waals surface area contributed by atoms with Crippen molar-refractivity contribution in [1.82, 2.24) is 9.80 Å². The van der Waals surface area contributed by atoms with Gasteiger partial charge in [0.05, 0.1) is 6.61 Å². The van der Waals surface area contributed by atoms with Crippen LogP contribution in [0.3, 0.4) is 0 Å². The molecule has 2 heterocycles. The number of rotatable bonds is 2. The highest BCUT2D eigenvalue weighted by atomic mass is 16.6. The Morgan fingerprint density at radius 2 is 1.88 bits per heavy atom. The average molecular weight is 242 g/mol. The molecule has 0 atom stereocenters. The third kappa shape index (κ3) is 3.33. The van der Waals surface area contributed by atoms with Gasteiger partial charge in [0.25, 0.3) is 0 Å². The summed E-state index contributed by atoms with van der Waals surface area (Å²) in [4.78, 5) is 15.8. The molecule has 5 nitrogen and oxygen atoms in total. The van der Waals surface area contributed by atoms with Crippen molar-refractivity contribution in [2.45, 2.75) is 25.8 Å². The summed E-state index contributed by atoms with van der Waals surface area (Å²) in [6, 6.07) is 0.646. The van der Waals surface area contributed by atoms with Gasteiger partial charge in [0, 0.05) is 45.4 Å². The summed E-state index contributed by atoms with van der Waals surface area (Å²) in [7, 11) is 0. The van der Waals surface area contributed by atoms with E-state index in [-0.39, 0.29) is 6.09 Å². The van der Waals surface area contributed by atoms with Crippen LogP contribution in [-0.2, 0) is 9.47 Å². The Balaban J connectivity index is 1.75. The standard InChI is InChI=1S/C12H22N2O3/c1-2-17-12(15)14-7-5-13(6-8-14)11-3-9-16-10-4-11/h11H,2-10H2,1H3. The molecule has 0 aromatic carbocycles. The molecule has 0 bridgehead atoms. The lowest BCUT2D eigenvalue weighted by Gasteiger charge is -2.40. The molecule has 0 aromatic rings. The molecular formula is C12H22N2O3. The Labute approximate surface area is 103 Å². The Kier molecular flexibility index (Phi) is 4.62. The van der Waals surface area contributed by atoms with Crippen molar-refractivity contribution in [2.24, 2.45) is 0 Å². The van der Waals surface area contributed by atoms with Crippen LogP contribution < -0.4 is 0 Å². The molecule has 5 heteroatoms. The molecule has 0 spiro atoms. The van der Waals surface area contributed by atoms with Crippen LogP contribution >= 0.6 is 0 Å². The van der Waals surface area contributed by atoms with Crippen LogP contribution in [0.4, 0.5) is 4.79 Å². The zero-order valence-corrected chi connectivity index (χ0v) is 10.6. The van der Waals surface area contributed by atoms with E-state index in [2.05, 4.69) is 4.90 Å². The molecule has 2 aliphatic rings. The monoisotopic (exact) mass is 242 g/mol. The number of ether oxygens (including phenoxy) is 2. The molecule has 0 N–H and O–H groups in total. The minimum atomic E-state index is -0.167. The van der Waals surface area contributed by atoms with Crippen LogP contribution in [0.15, 0.2) is 0 Å². The maximum Gasteiger partial charge on any atom is 0.409 e. The fraction of sp³-hybridized carbons (Fsp3) is 0.917. The zero-order chi connectivity index (χ0) is 12.1. The number of piperazine rings is 1. The lowest BCUT2D eigenvalue weighted by Crippen LogP contribution is -2.53. The predicted octanol–water partition coefficient (Wildman–Crippen LogP) is 0.939. The number of carbonyl (C=O) groups is 1. The number of hydrogen-bond donors (Lipinski definition) is 0. The maximum absolute atomic E-state index is 11.5. The third-order valence-electron chi connectivity index (χ3n) is 3.55. The molecule has 2 rings (SSSR count). The van der Waals surface area contributed by atoms with Crippen LogP contribution in [0.2, 0.25) is 0 Å². The Morgan fingerprint density at radius 1 is 1.24 bits per heavy atom. The zero-order valence-electron chi connectivity index (χ0n) is 10.6. The molecule has 98 valence electrons. The van der Waals surface area contributed by atoms with Gasteiger partial charge in [-0.15, -0.1) is 0 Å². The first-order valence-electron chi connectivity index (χ1n) is 6.54. The summed E-state index contributed by atoms with van der Waals surface area (Å²) < 4.78 is 10.4. The van der Waals surface area contributed by atoms with E-state index < -0.39 is 0 Å². The van der Waals surface area contributed by atoms with E-state index in [1.165, 1.54) is 0 Å². The van der Waals surface area contributed by atoms with Crippen LogP contribution in [-0.4, -0.2) is 67.9 Å². The van der Waals surface area contributed by atoms with Gasteiger partial charge in [0.2, 0.25) is 0 Å². The first kappa shape index (κ1) is 12.6. The van der Waals surface area contributed by atoms with E-state index in [1.54, 1.807) is 4.90 Å². The SMILES string of the molecule is CCOC(=O)N1CCN(C2CCOCC2)CC1. The highest BCUT2D eigenvalue weighted by molar-refractivity contribution is 5.67. The first-order valence-corrected chi connectivity index (χ1v) is 6.54. The summed E-state index contributed by atoms with van der Waals surface area (Å²) in [5.41, 5.74) is 0. The normalized spacial score (nSPS) is 23.7. The molecule has 17 heavy (non-hydrogen) atoms. The van der Waals surface area contributed by atoms with Crippen LogP contribution in [0.1, 0.15) is 19.8 Å². The largest absolute Gasteiger partial charge is 0.450 e. The highest BCUT2D eigenvalue weighted by Gasteiger charge is 2.27. The van der Waals surface area contributed by atoms with Gasteiger partial charge in [-0.05, 0) is 19.8 Å². The second kappa shape index (κ2) is 6.21. The minimum absolute atomic E-state index is 0.167. The number of amides is 1. The molecule has 0 radical (unpaired) electrons. The summed E-state index contributed by atoms with van der Waals surface area (Å²) in [6.07, 6.45) is 2.08. The Hall–Kier alpha value is -0.810. The van der Waals surface area contributed by atoms with Gasteiger partial charge in [-0.2, -0.15) is 0 Å². The van der Waals surface area contributed by atoms with Crippen LogP contribution in [0, 0.1) is 0 Å². The van der Waals surface area contributed by atoms with Crippen molar-refractivity contribution in [3.63, 3.8) is 0 Å². The van der Waals surface area contributed by atoms with Gasteiger partial charge in [-0.25, -0.2) is 4.79 Å². The van der Waals surface area contributed by atoms with Crippen molar-refractivity contribution in [3.8, 4) is 0 Å². The van der Waals surface area contributed by atoms with Gasteiger partial charge >= 0.3 is 6.09 Å². The molecule has 0 aliphatic carbocycles. The summed E-state index contributed by atoms with van der Waals surface area (Å²) >= 11 is 0. The van der Waals surface area contributed by atoms with E-state index in [0.29, 0.717) is 12.6 Å². The summed E-state index contributed by atoms with van der Waals surface area (Å²) in [5, 5.41) is 0. The fourth-order valence-electron chi connectivity index (χ4n) is 2.53. The van der Waals surface area contributed by atoms with E-state index >= 15 is 0 Å². The number of hydrogen-bond acceptors (Lipinski definition) is 4. The maximum atomic E-state index is 11.5. The van der Waals surface area contributed by atoms with Crippen LogP contribution in [0.25, 0.3) is 0 Å². The first-order chi connectivity index (χ1) is 8.31. The minimum Gasteiger partial charge on any atom is -0.450 e. The summed E-state index contributed by atoms with van der Waals surface area (Å²) in [5.74, 6) is 0. The molecule has 2 aliphatic heterocycles. The van der Waals surface area contributed by atoms with Crippen molar-refractivity contribution >= 4 is 6.09 Å². The molecule has 2 saturated heterocycles. The molecule has 1 amide bonds.